The molecule has 0 fully saturated rings. The van der Waals surface area contributed by atoms with Gasteiger partial charge in [0.25, 0.3) is 0 Å². The highest BCUT2D eigenvalue weighted by molar-refractivity contribution is 5.91. The molecule has 0 spiro atoms. The number of aldehydes is 2. The largest absolute Gasteiger partial charge is 0.490 e. The molecule has 1 aromatic rings. The minimum absolute atomic E-state index is 0.340. The maximum atomic E-state index is 11.1. The molecule has 24 heavy (non-hydrogen) atoms. The van der Waals surface area contributed by atoms with Crippen LogP contribution < -0.4 is 9.47 Å². The summed E-state index contributed by atoms with van der Waals surface area (Å²) in [5.41, 5.74) is 0.679. The van der Waals surface area contributed by atoms with E-state index in [1.54, 1.807) is 12.1 Å². The van der Waals surface area contributed by atoms with Crippen LogP contribution in [0.4, 0.5) is 0 Å². The zero-order valence-electron chi connectivity index (χ0n) is 15.0. The van der Waals surface area contributed by atoms with Crippen molar-refractivity contribution in [1.29, 1.82) is 0 Å². The molecule has 4 nitrogen and oxygen atoms in total. The van der Waals surface area contributed by atoms with Gasteiger partial charge in [-0.25, -0.2) is 0 Å². The van der Waals surface area contributed by atoms with E-state index >= 15 is 0 Å². The number of ether oxygens (including phenoxy) is 2. The molecule has 0 saturated heterocycles. The highest BCUT2D eigenvalue weighted by Crippen LogP contribution is 2.30. The summed E-state index contributed by atoms with van der Waals surface area (Å²) in [5.74, 6) is 1.10. The highest BCUT2D eigenvalue weighted by atomic mass is 16.5. The number of benzene rings is 1. The fourth-order valence-corrected chi connectivity index (χ4v) is 2.44. The number of hydrogen-bond donors (Lipinski definition) is 0. The first-order chi connectivity index (χ1) is 11.8. The van der Waals surface area contributed by atoms with E-state index in [2.05, 4.69) is 13.8 Å². The summed E-state index contributed by atoms with van der Waals surface area (Å²) in [4.78, 5) is 22.3. The lowest BCUT2D eigenvalue weighted by Gasteiger charge is -2.14. The molecule has 0 amide bonds. The van der Waals surface area contributed by atoms with Crippen LogP contribution in [0, 0.1) is 0 Å². The van der Waals surface area contributed by atoms with E-state index in [-0.39, 0.29) is 0 Å². The molecule has 0 saturated carbocycles. The van der Waals surface area contributed by atoms with Crippen molar-refractivity contribution in [3.63, 3.8) is 0 Å². The van der Waals surface area contributed by atoms with Crippen LogP contribution in [0.3, 0.4) is 0 Å². The topological polar surface area (TPSA) is 52.6 Å². The molecule has 1 rings (SSSR count). The smallest absolute Gasteiger partial charge is 0.161 e. The van der Waals surface area contributed by atoms with Gasteiger partial charge in [-0.05, 0) is 25.0 Å². The molecule has 0 unspecified atom stereocenters. The lowest BCUT2D eigenvalue weighted by Crippen LogP contribution is -2.05. The molecule has 0 N–H and O–H groups in total. The highest BCUT2D eigenvalue weighted by Gasteiger charge is 2.12. The van der Waals surface area contributed by atoms with Crippen molar-refractivity contribution in [2.45, 2.75) is 65.2 Å². The third kappa shape index (κ3) is 7.16. The van der Waals surface area contributed by atoms with Gasteiger partial charge in [-0.2, -0.15) is 0 Å². The van der Waals surface area contributed by atoms with Crippen molar-refractivity contribution < 1.29 is 19.1 Å². The third-order valence-corrected chi connectivity index (χ3v) is 3.91. The van der Waals surface area contributed by atoms with Crippen molar-refractivity contribution in [2.24, 2.45) is 0 Å². The molecular formula is C20H30O4. The molecule has 134 valence electrons. The minimum atomic E-state index is 0.340. The van der Waals surface area contributed by atoms with Crippen LogP contribution in [0.1, 0.15) is 85.9 Å². The van der Waals surface area contributed by atoms with E-state index in [0.717, 1.165) is 25.7 Å². The van der Waals surface area contributed by atoms with Crippen LogP contribution >= 0.6 is 0 Å². The van der Waals surface area contributed by atoms with Crippen molar-refractivity contribution >= 4 is 12.6 Å². The van der Waals surface area contributed by atoms with E-state index in [9.17, 15) is 9.59 Å². The SMILES string of the molecule is CCCCCCOc1cc(C=O)c(C=O)cc1OCCCCCC. The van der Waals surface area contributed by atoms with Crippen LogP contribution in [0.25, 0.3) is 0 Å². The molecule has 1 aromatic carbocycles. The molecule has 0 aliphatic heterocycles. The van der Waals surface area contributed by atoms with Crippen LogP contribution in [0.5, 0.6) is 11.5 Å². The Bertz CT molecular complexity index is 452. The zero-order valence-corrected chi connectivity index (χ0v) is 15.0. The van der Waals surface area contributed by atoms with Gasteiger partial charge in [-0.3, -0.25) is 9.59 Å². The summed E-state index contributed by atoms with van der Waals surface area (Å²) >= 11 is 0. The Hall–Kier alpha value is -1.84. The van der Waals surface area contributed by atoms with Crippen LogP contribution in [-0.2, 0) is 0 Å². The lowest BCUT2D eigenvalue weighted by molar-refractivity contribution is 0.109. The van der Waals surface area contributed by atoms with Crippen molar-refractivity contribution in [3.05, 3.63) is 23.3 Å². The second-order valence-electron chi connectivity index (χ2n) is 5.98. The van der Waals surface area contributed by atoms with Crippen LogP contribution in [0.15, 0.2) is 12.1 Å². The van der Waals surface area contributed by atoms with E-state index < -0.39 is 0 Å². The average molecular weight is 334 g/mol. The predicted molar refractivity (Wildman–Crippen MR) is 96.5 cm³/mol. The van der Waals surface area contributed by atoms with Crippen molar-refractivity contribution in [2.75, 3.05) is 13.2 Å². The van der Waals surface area contributed by atoms with Crippen molar-refractivity contribution in [1.82, 2.24) is 0 Å². The first-order valence-corrected chi connectivity index (χ1v) is 9.10. The van der Waals surface area contributed by atoms with Gasteiger partial charge in [0.1, 0.15) is 0 Å². The molecule has 0 aromatic heterocycles. The summed E-state index contributed by atoms with van der Waals surface area (Å²) in [6.07, 6.45) is 10.3. The van der Waals surface area contributed by atoms with Gasteiger partial charge < -0.3 is 9.47 Å². The third-order valence-electron chi connectivity index (χ3n) is 3.91. The summed E-state index contributed by atoms with van der Waals surface area (Å²) < 4.78 is 11.6. The van der Waals surface area contributed by atoms with Gasteiger partial charge in [-0.15, -0.1) is 0 Å². The Morgan fingerprint density at radius 3 is 1.46 bits per heavy atom. The summed E-state index contributed by atoms with van der Waals surface area (Å²) in [6.45, 7) is 5.51. The number of unbranched alkanes of at least 4 members (excludes halogenated alkanes) is 6. The first-order valence-electron chi connectivity index (χ1n) is 9.10. The standard InChI is InChI=1S/C20H30O4/c1-3-5-7-9-11-23-19-13-17(15-21)18(16-22)14-20(19)24-12-10-8-6-4-2/h13-16H,3-12H2,1-2H3. The molecule has 0 bridgehead atoms. The Kier molecular flexibility index (Phi) is 10.6. The van der Waals surface area contributed by atoms with Crippen LogP contribution in [-0.4, -0.2) is 25.8 Å². The maximum absolute atomic E-state index is 11.1. The van der Waals surface area contributed by atoms with Gasteiger partial charge in [-0.1, -0.05) is 52.4 Å². The Morgan fingerprint density at radius 2 is 1.12 bits per heavy atom. The fraction of sp³-hybridized carbons (Fsp3) is 0.600. The number of hydrogen-bond acceptors (Lipinski definition) is 4. The lowest BCUT2D eigenvalue weighted by atomic mass is 10.1. The molecule has 0 atom stereocenters. The Balaban J connectivity index is 2.72. The molecular weight excluding hydrogens is 304 g/mol. The van der Waals surface area contributed by atoms with Gasteiger partial charge in [0, 0.05) is 11.1 Å². The monoisotopic (exact) mass is 334 g/mol. The fourth-order valence-electron chi connectivity index (χ4n) is 2.44. The van der Waals surface area contributed by atoms with E-state index in [0.29, 0.717) is 48.4 Å². The summed E-state index contributed by atoms with van der Waals surface area (Å²) in [5, 5.41) is 0. The average Bonchev–Trinajstić information content (AvgIpc) is 2.61. The van der Waals surface area contributed by atoms with Crippen molar-refractivity contribution in [3.8, 4) is 11.5 Å². The van der Waals surface area contributed by atoms with Gasteiger partial charge in [0.05, 0.1) is 13.2 Å². The molecule has 0 aliphatic rings. The summed E-state index contributed by atoms with van der Waals surface area (Å²) in [6, 6.07) is 3.22. The van der Waals surface area contributed by atoms with E-state index in [4.69, 9.17) is 9.47 Å². The molecule has 0 heterocycles. The quantitative estimate of drug-likeness (QED) is 0.345. The molecule has 0 radical (unpaired) electrons. The predicted octanol–water partition coefficient (Wildman–Crippen LogP) is 5.23. The van der Waals surface area contributed by atoms with Gasteiger partial charge in [0.15, 0.2) is 24.1 Å². The molecule has 4 heteroatoms. The molecule has 0 aliphatic carbocycles. The Labute approximate surface area is 145 Å². The minimum Gasteiger partial charge on any atom is -0.490 e. The van der Waals surface area contributed by atoms with Gasteiger partial charge >= 0.3 is 0 Å². The second kappa shape index (κ2) is 12.6. The van der Waals surface area contributed by atoms with Gasteiger partial charge in [0.2, 0.25) is 0 Å². The number of carbonyl (C=O) groups excluding carboxylic acids is 2. The zero-order chi connectivity index (χ0) is 17.6. The number of carbonyl (C=O) groups is 2. The second-order valence-corrected chi connectivity index (χ2v) is 5.98. The van der Waals surface area contributed by atoms with E-state index in [1.165, 1.54) is 25.7 Å². The maximum Gasteiger partial charge on any atom is 0.161 e. The number of rotatable bonds is 14. The van der Waals surface area contributed by atoms with E-state index in [1.807, 2.05) is 0 Å². The normalized spacial score (nSPS) is 10.4. The Morgan fingerprint density at radius 1 is 0.708 bits per heavy atom. The first kappa shape index (κ1) is 20.2. The summed E-state index contributed by atoms with van der Waals surface area (Å²) in [7, 11) is 0. The van der Waals surface area contributed by atoms with Crippen LogP contribution in [0.2, 0.25) is 0 Å².